The van der Waals surface area contributed by atoms with Crippen LogP contribution in [0.2, 0.25) is 5.02 Å². The van der Waals surface area contributed by atoms with Gasteiger partial charge < -0.3 is 19.5 Å². The minimum atomic E-state index is -0.474. The van der Waals surface area contributed by atoms with Gasteiger partial charge >= 0.3 is 5.97 Å². The minimum absolute atomic E-state index is 0.254. The second-order valence-electron chi connectivity index (χ2n) is 5.45. The van der Waals surface area contributed by atoms with Crippen molar-refractivity contribution < 1.29 is 19.0 Å². The molecule has 0 unspecified atom stereocenters. The zero-order chi connectivity index (χ0) is 16.0. The number of rotatable bonds is 6. The first kappa shape index (κ1) is 17.4. The first-order valence-corrected chi connectivity index (χ1v) is 7.02. The van der Waals surface area contributed by atoms with Crippen LogP contribution < -0.4 is 14.8 Å². The highest BCUT2D eigenvalue weighted by Gasteiger charge is 2.16. The molecule has 0 aliphatic carbocycles. The minimum Gasteiger partial charge on any atom is -0.495 e. The maximum atomic E-state index is 11.6. The van der Waals surface area contributed by atoms with Crippen LogP contribution in [-0.2, 0) is 9.53 Å². The van der Waals surface area contributed by atoms with Gasteiger partial charge in [-0.25, -0.2) is 0 Å². The van der Waals surface area contributed by atoms with Gasteiger partial charge in [-0.15, -0.1) is 0 Å². The Hall–Kier alpha value is -1.62. The lowest BCUT2D eigenvalue weighted by molar-refractivity contribution is -0.154. The van der Waals surface area contributed by atoms with Crippen LogP contribution in [0.4, 0.5) is 5.69 Å². The van der Waals surface area contributed by atoms with Crippen LogP contribution in [0.25, 0.3) is 0 Å². The van der Waals surface area contributed by atoms with Crippen LogP contribution in [0.1, 0.15) is 27.2 Å². The van der Waals surface area contributed by atoms with Crippen molar-refractivity contribution in [2.24, 2.45) is 0 Å². The van der Waals surface area contributed by atoms with Crippen molar-refractivity contribution in [3.63, 3.8) is 0 Å². The molecule has 0 spiro atoms. The highest BCUT2D eigenvalue weighted by Crippen LogP contribution is 2.35. The van der Waals surface area contributed by atoms with E-state index >= 15 is 0 Å². The lowest BCUT2D eigenvalue weighted by Crippen LogP contribution is -2.25. The van der Waals surface area contributed by atoms with Gasteiger partial charge in [0.2, 0.25) is 0 Å². The summed E-state index contributed by atoms with van der Waals surface area (Å²) in [6, 6.07) is 3.40. The topological polar surface area (TPSA) is 56.8 Å². The molecule has 5 nitrogen and oxygen atoms in total. The monoisotopic (exact) mass is 315 g/mol. The molecule has 0 radical (unpaired) electrons. The summed E-state index contributed by atoms with van der Waals surface area (Å²) in [4.78, 5) is 11.6. The molecule has 1 N–H and O–H groups in total. The van der Waals surface area contributed by atoms with Crippen molar-refractivity contribution >= 4 is 23.3 Å². The van der Waals surface area contributed by atoms with Crippen LogP contribution in [0, 0.1) is 0 Å². The zero-order valence-corrected chi connectivity index (χ0v) is 13.8. The smallest absolute Gasteiger partial charge is 0.308 e. The Morgan fingerprint density at radius 1 is 1.19 bits per heavy atom. The Labute approximate surface area is 130 Å². The van der Waals surface area contributed by atoms with E-state index in [1.165, 1.54) is 7.11 Å². The fraction of sp³-hybridized carbons (Fsp3) is 0.533. The Kier molecular flexibility index (Phi) is 6.15. The van der Waals surface area contributed by atoms with Crippen LogP contribution in [0.15, 0.2) is 12.1 Å². The number of nitrogens with one attached hydrogen (secondary N) is 1. The van der Waals surface area contributed by atoms with Gasteiger partial charge in [0, 0.05) is 12.6 Å². The number of hydrogen-bond acceptors (Lipinski definition) is 5. The summed E-state index contributed by atoms with van der Waals surface area (Å²) in [7, 11) is 3.10. The standard InChI is InChI=1S/C15H22ClNO4/c1-15(2,3)21-14(18)6-7-17-11-8-10(16)12(19-4)9-13(11)20-5/h8-9,17H,6-7H2,1-5H3. The van der Waals surface area contributed by atoms with Gasteiger partial charge in [-0.1, -0.05) is 11.6 Å². The molecule has 0 heterocycles. The maximum absolute atomic E-state index is 11.6. The van der Waals surface area contributed by atoms with Gasteiger partial charge in [0.05, 0.1) is 31.4 Å². The van der Waals surface area contributed by atoms with Crippen molar-refractivity contribution in [3.8, 4) is 11.5 Å². The molecule has 0 fully saturated rings. The van der Waals surface area contributed by atoms with E-state index in [4.69, 9.17) is 25.8 Å². The van der Waals surface area contributed by atoms with Crippen molar-refractivity contribution in [1.29, 1.82) is 0 Å². The molecule has 0 aliphatic rings. The molecule has 1 aromatic carbocycles. The average Bonchev–Trinajstić information content (AvgIpc) is 2.37. The van der Waals surface area contributed by atoms with Gasteiger partial charge in [-0.05, 0) is 26.8 Å². The fourth-order valence-corrected chi connectivity index (χ4v) is 1.93. The van der Waals surface area contributed by atoms with E-state index in [9.17, 15) is 4.79 Å². The van der Waals surface area contributed by atoms with Crippen molar-refractivity contribution in [1.82, 2.24) is 0 Å². The lowest BCUT2D eigenvalue weighted by atomic mass is 10.2. The molecule has 0 aliphatic heterocycles. The fourth-order valence-electron chi connectivity index (χ4n) is 1.69. The van der Waals surface area contributed by atoms with Gasteiger partial charge in [0.25, 0.3) is 0 Å². The number of halogens is 1. The Bertz CT molecular complexity index is 497. The molecule has 0 saturated heterocycles. The van der Waals surface area contributed by atoms with Crippen molar-refractivity contribution in [2.45, 2.75) is 32.8 Å². The van der Waals surface area contributed by atoms with Gasteiger partial charge in [-0.3, -0.25) is 4.79 Å². The van der Waals surface area contributed by atoms with Gasteiger partial charge in [0.15, 0.2) is 0 Å². The summed E-state index contributed by atoms with van der Waals surface area (Å²) in [6.45, 7) is 5.94. The molecular formula is C15H22ClNO4. The number of hydrogen-bond donors (Lipinski definition) is 1. The maximum Gasteiger partial charge on any atom is 0.308 e. The van der Waals surface area contributed by atoms with E-state index in [0.717, 1.165) is 0 Å². The molecule has 0 saturated carbocycles. The predicted molar refractivity (Wildman–Crippen MR) is 83.5 cm³/mol. The third kappa shape index (κ3) is 5.71. The number of methoxy groups -OCH3 is 2. The van der Waals surface area contributed by atoms with E-state index in [0.29, 0.717) is 28.8 Å². The van der Waals surface area contributed by atoms with Crippen molar-refractivity contribution in [2.75, 3.05) is 26.1 Å². The molecule has 1 rings (SSSR count). The zero-order valence-electron chi connectivity index (χ0n) is 13.1. The number of carbonyl (C=O) groups excluding carboxylic acids is 1. The van der Waals surface area contributed by atoms with Gasteiger partial charge in [-0.2, -0.15) is 0 Å². The number of esters is 1. The Morgan fingerprint density at radius 3 is 2.33 bits per heavy atom. The predicted octanol–water partition coefficient (Wildman–Crippen LogP) is 3.50. The largest absolute Gasteiger partial charge is 0.495 e. The van der Waals surface area contributed by atoms with E-state index < -0.39 is 5.60 Å². The summed E-state index contributed by atoms with van der Waals surface area (Å²) in [6.07, 6.45) is 0.254. The normalized spacial score (nSPS) is 11.0. The third-order valence-corrected chi connectivity index (χ3v) is 2.83. The highest BCUT2D eigenvalue weighted by atomic mass is 35.5. The summed E-state index contributed by atoms with van der Waals surface area (Å²) in [5, 5.41) is 3.58. The molecule has 1 aromatic rings. The number of benzene rings is 1. The van der Waals surface area contributed by atoms with Crippen molar-refractivity contribution in [3.05, 3.63) is 17.2 Å². The summed E-state index contributed by atoms with van der Waals surface area (Å²) < 4.78 is 15.6. The summed E-state index contributed by atoms with van der Waals surface area (Å²) in [5.41, 5.74) is 0.227. The van der Waals surface area contributed by atoms with E-state index in [1.807, 2.05) is 20.8 Å². The Morgan fingerprint density at radius 2 is 1.81 bits per heavy atom. The van der Waals surface area contributed by atoms with E-state index in [-0.39, 0.29) is 12.4 Å². The first-order chi connectivity index (χ1) is 9.76. The molecule has 118 valence electrons. The first-order valence-electron chi connectivity index (χ1n) is 6.64. The molecule has 0 bridgehead atoms. The highest BCUT2D eigenvalue weighted by molar-refractivity contribution is 6.32. The van der Waals surface area contributed by atoms with Gasteiger partial charge in [0.1, 0.15) is 17.1 Å². The average molecular weight is 316 g/mol. The molecular weight excluding hydrogens is 294 g/mol. The SMILES string of the molecule is COc1cc(OC)c(NCCC(=O)OC(C)(C)C)cc1Cl. The molecule has 0 amide bonds. The van der Waals surface area contributed by atoms with Crippen LogP contribution >= 0.6 is 11.6 Å². The third-order valence-electron chi connectivity index (χ3n) is 2.54. The number of anilines is 1. The molecule has 6 heteroatoms. The van der Waals surface area contributed by atoms with E-state index in [2.05, 4.69) is 5.32 Å². The Balaban J connectivity index is 2.63. The second-order valence-corrected chi connectivity index (χ2v) is 5.86. The van der Waals surface area contributed by atoms with Crippen LogP contribution in [0.3, 0.4) is 0 Å². The lowest BCUT2D eigenvalue weighted by Gasteiger charge is -2.19. The molecule has 0 aromatic heterocycles. The second kappa shape index (κ2) is 7.41. The van der Waals surface area contributed by atoms with Crippen LogP contribution in [-0.4, -0.2) is 32.3 Å². The molecule has 21 heavy (non-hydrogen) atoms. The summed E-state index contributed by atoms with van der Waals surface area (Å²) >= 11 is 6.07. The number of ether oxygens (including phenoxy) is 3. The van der Waals surface area contributed by atoms with E-state index in [1.54, 1.807) is 19.2 Å². The quantitative estimate of drug-likeness (QED) is 0.814. The van der Waals surface area contributed by atoms with Crippen LogP contribution in [0.5, 0.6) is 11.5 Å². The molecule has 0 atom stereocenters. The number of carbonyl (C=O) groups is 1. The summed E-state index contributed by atoms with van der Waals surface area (Å²) in [5.74, 6) is 0.875.